The Bertz CT molecular complexity index is 238. The lowest BCUT2D eigenvalue weighted by Gasteiger charge is -2.36. The maximum atomic E-state index is 12.8. The molecular weight excluding hydrogens is 243 g/mol. The minimum Gasteiger partial charge on any atom is -0.396 e. The minimum atomic E-state index is -3.10. The van der Waals surface area contributed by atoms with E-state index >= 15 is 0 Å². The van der Waals surface area contributed by atoms with E-state index in [1.165, 1.54) is 0 Å². The monoisotopic (exact) mass is 268 g/mol. The van der Waals surface area contributed by atoms with Gasteiger partial charge >= 0.3 is 0 Å². The highest BCUT2D eigenvalue weighted by atomic mass is 31.2. The van der Waals surface area contributed by atoms with Gasteiger partial charge in [-0.1, -0.05) is 0 Å². The third-order valence-corrected chi connectivity index (χ3v) is 5.47. The highest BCUT2D eigenvalue weighted by Gasteiger charge is 2.47. The van der Waals surface area contributed by atoms with E-state index in [0.717, 1.165) is 0 Å². The quantitative estimate of drug-likeness (QED) is 0.487. The highest BCUT2D eigenvalue weighted by molar-refractivity contribution is 7.60. The molecule has 0 aromatic rings. The van der Waals surface area contributed by atoms with Gasteiger partial charge in [-0.2, -0.15) is 0 Å². The van der Waals surface area contributed by atoms with Gasteiger partial charge in [-0.3, -0.25) is 4.57 Å². The van der Waals surface area contributed by atoms with Crippen LogP contribution in [0.5, 0.6) is 0 Å². The van der Waals surface area contributed by atoms with E-state index < -0.39 is 12.9 Å². The average molecular weight is 268 g/mol. The number of rotatable bonds is 10. The van der Waals surface area contributed by atoms with Gasteiger partial charge in [0, 0.05) is 26.0 Å². The van der Waals surface area contributed by atoms with Crippen LogP contribution in [0.15, 0.2) is 0 Å². The first-order valence-corrected chi connectivity index (χ1v) is 7.93. The molecule has 1 atom stereocenters. The maximum Gasteiger partial charge on any atom is 0.260 e. The summed E-state index contributed by atoms with van der Waals surface area (Å²) in [6.07, 6.45) is 0.668. The Labute approximate surface area is 104 Å². The van der Waals surface area contributed by atoms with Crippen molar-refractivity contribution in [1.82, 2.24) is 0 Å². The van der Waals surface area contributed by atoms with E-state index in [-0.39, 0.29) is 12.8 Å². The third kappa shape index (κ3) is 4.68. The number of hydrogen-bond acceptors (Lipinski definition) is 5. The fourth-order valence-corrected chi connectivity index (χ4v) is 4.04. The van der Waals surface area contributed by atoms with Crippen molar-refractivity contribution >= 4 is 7.37 Å². The Balaban J connectivity index is 4.98. The van der Waals surface area contributed by atoms with E-state index in [1.807, 2.05) is 13.8 Å². The Hall–Kier alpha value is 0.0700. The minimum absolute atomic E-state index is 0.0224. The average Bonchev–Trinajstić information content (AvgIpc) is 2.27. The molecule has 0 heterocycles. The van der Waals surface area contributed by atoms with Crippen molar-refractivity contribution in [3.8, 4) is 0 Å². The van der Waals surface area contributed by atoms with Crippen molar-refractivity contribution in [2.24, 2.45) is 0 Å². The number of hydrogen-bond donors (Lipinski definition) is 1. The SMILES string of the molecule is CCOC(C)(OCC)P(=O)(CCCO)OCC. The molecule has 104 valence electrons. The maximum absolute atomic E-state index is 12.8. The molecule has 1 N–H and O–H groups in total. The van der Waals surface area contributed by atoms with Crippen molar-refractivity contribution in [1.29, 1.82) is 0 Å². The lowest BCUT2D eigenvalue weighted by atomic mass is 10.5. The largest absolute Gasteiger partial charge is 0.396 e. The van der Waals surface area contributed by atoms with Crippen LogP contribution in [0.2, 0.25) is 0 Å². The second-order valence-corrected chi connectivity index (χ2v) is 6.52. The van der Waals surface area contributed by atoms with Gasteiger partial charge in [-0.15, -0.1) is 0 Å². The van der Waals surface area contributed by atoms with Crippen molar-refractivity contribution in [3.05, 3.63) is 0 Å². The molecule has 5 nitrogen and oxygen atoms in total. The van der Waals surface area contributed by atoms with Crippen LogP contribution in [0.25, 0.3) is 0 Å². The zero-order valence-corrected chi connectivity index (χ0v) is 12.2. The van der Waals surface area contributed by atoms with Gasteiger partial charge in [0.2, 0.25) is 5.53 Å². The van der Waals surface area contributed by atoms with Crippen LogP contribution in [0.3, 0.4) is 0 Å². The van der Waals surface area contributed by atoms with Crippen molar-refractivity contribution in [2.45, 2.75) is 39.6 Å². The molecule has 0 aliphatic rings. The van der Waals surface area contributed by atoms with Crippen LogP contribution in [0, 0.1) is 0 Å². The van der Waals surface area contributed by atoms with Gasteiger partial charge in [0.25, 0.3) is 7.37 Å². The Kier molecular flexibility index (Phi) is 8.25. The molecular formula is C11H25O5P. The van der Waals surface area contributed by atoms with E-state index in [1.54, 1.807) is 13.8 Å². The van der Waals surface area contributed by atoms with E-state index in [2.05, 4.69) is 0 Å². The first-order valence-electron chi connectivity index (χ1n) is 6.12. The fourth-order valence-electron chi connectivity index (χ4n) is 1.65. The molecule has 0 aromatic heterocycles. The number of ether oxygens (including phenoxy) is 2. The molecule has 0 amide bonds. The summed E-state index contributed by atoms with van der Waals surface area (Å²) in [6, 6.07) is 0. The molecule has 0 spiro atoms. The molecule has 6 heteroatoms. The molecule has 0 saturated heterocycles. The van der Waals surface area contributed by atoms with E-state index in [4.69, 9.17) is 19.1 Å². The number of aliphatic hydroxyl groups is 1. The molecule has 0 fully saturated rings. The van der Waals surface area contributed by atoms with Gasteiger partial charge in [0.05, 0.1) is 6.61 Å². The predicted molar refractivity (Wildman–Crippen MR) is 67.5 cm³/mol. The van der Waals surface area contributed by atoms with Crippen LogP contribution in [0.4, 0.5) is 0 Å². The van der Waals surface area contributed by atoms with Gasteiger partial charge in [0.1, 0.15) is 0 Å². The third-order valence-electron chi connectivity index (χ3n) is 2.39. The summed E-state index contributed by atoms with van der Waals surface area (Å²) < 4.78 is 29.2. The summed E-state index contributed by atoms with van der Waals surface area (Å²) in [7, 11) is -3.10. The fraction of sp³-hybridized carbons (Fsp3) is 1.00. The van der Waals surface area contributed by atoms with Crippen LogP contribution < -0.4 is 0 Å². The molecule has 0 rings (SSSR count). The van der Waals surface area contributed by atoms with Gasteiger partial charge < -0.3 is 19.1 Å². The summed E-state index contributed by atoms with van der Waals surface area (Å²) in [4.78, 5) is 0. The smallest absolute Gasteiger partial charge is 0.260 e. The Morgan fingerprint density at radius 1 is 1.12 bits per heavy atom. The summed E-state index contributed by atoms with van der Waals surface area (Å²) >= 11 is 0. The lowest BCUT2D eigenvalue weighted by molar-refractivity contribution is -0.168. The van der Waals surface area contributed by atoms with Crippen LogP contribution in [0.1, 0.15) is 34.1 Å². The highest BCUT2D eigenvalue weighted by Crippen LogP contribution is 2.60. The predicted octanol–water partition coefficient (Wildman–Crippen LogP) is 2.43. The number of aliphatic hydroxyl groups excluding tert-OH is 1. The zero-order valence-electron chi connectivity index (χ0n) is 11.3. The molecule has 0 bridgehead atoms. The Morgan fingerprint density at radius 2 is 1.65 bits per heavy atom. The van der Waals surface area contributed by atoms with Crippen molar-refractivity contribution < 1.29 is 23.7 Å². The van der Waals surface area contributed by atoms with Crippen molar-refractivity contribution in [2.75, 3.05) is 32.6 Å². The summed E-state index contributed by atoms with van der Waals surface area (Å²) in [5, 5.41) is 8.87. The van der Waals surface area contributed by atoms with E-state index in [9.17, 15) is 4.57 Å². The van der Waals surface area contributed by atoms with E-state index in [0.29, 0.717) is 26.2 Å². The van der Waals surface area contributed by atoms with Crippen LogP contribution in [-0.4, -0.2) is 43.2 Å². The summed E-state index contributed by atoms with van der Waals surface area (Å²) in [6.45, 7) is 8.17. The van der Waals surface area contributed by atoms with Crippen molar-refractivity contribution in [3.63, 3.8) is 0 Å². The van der Waals surface area contributed by atoms with Gasteiger partial charge in [-0.25, -0.2) is 0 Å². The molecule has 0 saturated carbocycles. The summed E-state index contributed by atoms with van der Waals surface area (Å²) in [5.41, 5.74) is -1.22. The molecule has 0 aliphatic heterocycles. The molecule has 0 radical (unpaired) electrons. The molecule has 1 unspecified atom stereocenters. The topological polar surface area (TPSA) is 65.0 Å². The van der Waals surface area contributed by atoms with Gasteiger partial charge in [-0.05, 0) is 34.1 Å². The second-order valence-electron chi connectivity index (χ2n) is 3.66. The Morgan fingerprint density at radius 3 is 2.00 bits per heavy atom. The standard InChI is InChI=1S/C11H25O5P/c1-5-14-11(4,15-6-2)17(13,16-7-3)10-8-9-12/h12H,5-10H2,1-4H3. The van der Waals surface area contributed by atoms with Gasteiger partial charge in [0.15, 0.2) is 0 Å². The first-order chi connectivity index (χ1) is 7.99. The zero-order chi connectivity index (χ0) is 13.4. The lowest BCUT2D eigenvalue weighted by Crippen LogP contribution is -2.34. The second kappa shape index (κ2) is 8.22. The molecule has 0 aromatic carbocycles. The first kappa shape index (κ1) is 17.1. The molecule has 17 heavy (non-hydrogen) atoms. The van der Waals surface area contributed by atoms with Crippen LogP contribution in [-0.2, 0) is 18.6 Å². The van der Waals surface area contributed by atoms with Crippen LogP contribution >= 0.6 is 7.37 Å². The molecule has 0 aliphatic carbocycles. The normalized spacial score (nSPS) is 15.8. The summed E-state index contributed by atoms with van der Waals surface area (Å²) in [5.74, 6) is 0.